The van der Waals surface area contributed by atoms with E-state index in [1.807, 2.05) is 0 Å². The number of aliphatic hydroxyl groups is 1. The van der Waals surface area contributed by atoms with Crippen LogP contribution in [-0.4, -0.2) is 89.0 Å². The minimum atomic E-state index is -1.09. The van der Waals surface area contributed by atoms with Crippen molar-refractivity contribution < 1.29 is 38.5 Å². The Labute approximate surface area is 216 Å². The van der Waals surface area contributed by atoms with E-state index in [4.69, 9.17) is 14.2 Å². The number of anilines is 1. The highest BCUT2D eigenvalue weighted by Gasteiger charge is 2.46. The van der Waals surface area contributed by atoms with E-state index in [-0.39, 0.29) is 45.2 Å². The average molecular weight is 518 g/mol. The van der Waals surface area contributed by atoms with Gasteiger partial charge in [0.15, 0.2) is 0 Å². The lowest BCUT2D eigenvalue weighted by Crippen LogP contribution is -2.57. The molecule has 2 saturated heterocycles. The number of likely N-dealkylation sites (tertiary alicyclic amines) is 1. The molecule has 0 spiro atoms. The van der Waals surface area contributed by atoms with Gasteiger partial charge in [0, 0.05) is 25.2 Å². The van der Waals surface area contributed by atoms with Crippen molar-refractivity contribution in [2.75, 3.05) is 37.8 Å². The van der Waals surface area contributed by atoms with Crippen molar-refractivity contribution in [2.45, 2.75) is 57.8 Å². The highest BCUT2D eigenvalue weighted by atomic mass is 16.6. The average Bonchev–Trinajstić information content (AvgIpc) is 3.19. The number of rotatable bonds is 9. The first kappa shape index (κ1) is 28.1. The maximum Gasteiger partial charge on any atom is 0.424 e. The molecule has 1 N–H and O–H groups in total. The van der Waals surface area contributed by atoms with Crippen molar-refractivity contribution in [3.8, 4) is 5.75 Å². The standard InChI is InChI=1S/C26H35N3O8/c1-6-26(5,34)17-35-15-16-36-19-9-7-18(8-10-19)27-13-14-28(23(27)32)20-11-12-21(30)29(22(20)31)24(33)37-25(2,3)4/h6-10,20,34H,1,11-17H2,2-5H3. The zero-order valence-electron chi connectivity index (χ0n) is 21.8. The number of carbonyl (C=O) groups is 4. The number of benzene rings is 1. The number of hydrogen-bond donors (Lipinski definition) is 1. The molecule has 202 valence electrons. The maximum absolute atomic E-state index is 13.2. The molecule has 11 nitrogen and oxygen atoms in total. The first-order chi connectivity index (χ1) is 17.3. The molecule has 0 radical (unpaired) electrons. The Morgan fingerprint density at radius 3 is 2.41 bits per heavy atom. The summed E-state index contributed by atoms with van der Waals surface area (Å²) in [5.74, 6) is -0.798. The van der Waals surface area contributed by atoms with E-state index in [0.717, 1.165) is 0 Å². The van der Waals surface area contributed by atoms with Crippen LogP contribution in [0.3, 0.4) is 0 Å². The molecule has 1 aromatic carbocycles. The van der Waals surface area contributed by atoms with Gasteiger partial charge in [0.05, 0.1) is 13.2 Å². The zero-order chi connectivity index (χ0) is 27.4. The summed E-state index contributed by atoms with van der Waals surface area (Å²) in [5, 5.41) is 9.83. The third kappa shape index (κ3) is 7.07. The fraction of sp³-hybridized carbons (Fsp3) is 0.538. The molecule has 2 heterocycles. The Morgan fingerprint density at radius 2 is 1.78 bits per heavy atom. The van der Waals surface area contributed by atoms with Gasteiger partial charge in [0.25, 0.3) is 5.91 Å². The second-order valence-corrected chi connectivity index (χ2v) is 10.2. The van der Waals surface area contributed by atoms with Crippen LogP contribution in [0, 0.1) is 0 Å². The van der Waals surface area contributed by atoms with E-state index in [1.54, 1.807) is 52.0 Å². The van der Waals surface area contributed by atoms with Crippen LogP contribution in [0.25, 0.3) is 0 Å². The number of amides is 5. The molecular formula is C26H35N3O8. The maximum atomic E-state index is 13.2. The molecule has 5 amide bonds. The van der Waals surface area contributed by atoms with Gasteiger partial charge < -0.3 is 24.2 Å². The van der Waals surface area contributed by atoms with Gasteiger partial charge in [-0.2, -0.15) is 4.90 Å². The van der Waals surface area contributed by atoms with Gasteiger partial charge in [0.2, 0.25) is 5.91 Å². The van der Waals surface area contributed by atoms with E-state index >= 15 is 0 Å². The normalized spacial score (nSPS) is 20.2. The van der Waals surface area contributed by atoms with Gasteiger partial charge in [-0.15, -0.1) is 6.58 Å². The number of urea groups is 1. The van der Waals surface area contributed by atoms with E-state index in [1.165, 1.54) is 15.9 Å². The highest BCUT2D eigenvalue weighted by Crippen LogP contribution is 2.28. The molecule has 0 aliphatic carbocycles. The smallest absolute Gasteiger partial charge is 0.424 e. The number of carbonyl (C=O) groups excluding carboxylic acids is 4. The minimum Gasteiger partial charge on any atom is -0.491 e. The third-order valence-electron chi connectivity index (χ3n) is 5.86. The molecule has 11 heteroatoms. The molecule has 0 bridgehead atoms. The topological polar surface area (TPSA) is 126 Å². The van der Waals surface area contributed by atoms with Gasteiger partial charge in [-0.3, -0.25) is 14.5 Å². The fourth-order valence-electron chi connectivity index (χ4n) is 3.92. The molecule has 3 rings (SSSR count). The van der Waals surface area contributed by atoms with Crippen molar-refractivity contribution in [3.05, 3.63) is 36.9 Å². The number of piperidine rings is 1. The zero-order valence-corrected chi connectivity index (χ0v) is 21.8. The van der Waals surface area contributed by atoms with Crippen molar-refractivity contribution >= 4 is 29.6 Å². The Balaban J connectivity index is 1.57. The Kier molecular flexibility index (Phi) is 8.60. The number of imide groups is 3. The predicted octanol–water partition coefficient (Wildman–Crippen LogP) is 2.71. The van der Waals surface area contributed by atoms with Gasteiger partial charge in [0.1, 0.15) is 29.6 Å². The quantitative estimate of drug-likeness (QED) is 0.301. The van der Waals surface area contributed by atoms with Crippen LogP contribution in [0.4, 0.5) is 15.3 Å². The van der Waals surface area contributed by atoms with Crippen molar-refractivity contribution in [1.29, 1.82) is 0 Å². The Bertz CT molecular complexity index is 1030. The molecular weight excluding hydrogens is 482 g/mol. The van der Waals surface area contributed by atoms with Gasteiger partial charge in [-0.05, 0) is 58.4 Å². The van der Waals surface area contributed by atoms with Crippen LogP contribution in [0.2, 0.25) is 0 Å². The molecule has 2 atom stereocenters. The summed E-state index contributed by atoms with van der Waals surface area (Å²) in [4.78, 5) is 54.5. The van der Waals surface area contributed by atoms with Crippen LogP contribution < -0.4 is 9.64 Å². The SMILES string of the molecule is C=CC(C)(O)COCCOc1ccc(N2CCN(C3CCC(=O)N(C(=O)OC(C)(C)C)C3=O)C2=O)cc1. The molecule has 2 unspecified atom stereocenters. The van der Waals surface area contributed by atoms with Gasteiger partial charge in [-0.1, -0.05) is 6.08 Å². The van der Waals surface area contributed by atoms with Gasteiger partial charge in [-0.25, -0.2) is 9.59 Å². The van der Waals surface area contributed by atoms with Crippen molar-refractivity contribution in [2.24, 2.45) is 0 Å². The number of hydrogen-bond acceptors (Lipinski definition) is 8. The van der Waals surface area contributed by atoms with E-state index in [2.05, 4.69) is 6.58 Å². The lowest BCUT2D eigenvalue weighted by Gasteiger charge is -2.34. The van der Waals surface area contributed by atoms with E-state index < -0.39 is 35.2 Å². The van der Waals surface area contributed by atoms with E-state index in [9.17, 15) is 24.3 Å². The van der Waals surface area contributed by atoms with Crippen LogP contribution in [0.15, 0.2) is 36.9 Å². The molecule has 0 saturated carbocycles. The first-order valence-electron chi connectivity index (χ1n) is 12.2. The molecule has 2 aliphatic heterocycles. The lowest BCUT2D eigenvalue weighted by molar-refractivity contribution is -0.150. The van der Waals surface area contributed by atoms with Gasteiger partial charge >= 0.3 is 12.1 Å². The Hall–Kier alpha value is -3.44. The number of ether oxygens (including phenoxy) is 3. The summed E-state index contributed by atoms with van der Waals surface area (Å²) in [6, 6.07) is 5.61. The Morgan fingerprint density at radius 1 is 1.11 bits per heavy atom. The summed E-state index contributed by atoms with van der Waals surface area (Å²) in [6.07, 6.45) is 0.491. The second-order valence-electron chi connectivity index (χ2n) is 10.2. The highest BCUT2D eigenvalue weighted by molar-refractivity contribution is 6.13. The summed E-state index contributed by atoms with van der Waals surface area (Å²) < 4.78 is 16.2. The molecule has 0 aromatic heterocycles. The van der Waals surface area contributed by atoms with E-state index in [0.29, 0.717) is 22.9 Å². The fourth-order valence-corrected chi connectivity index (χ4v) is 3.92. The van der Waals surface area contributed by atoms with Crippen LogP contribution >= 0.6 is 0 Å². The molecule has 2 aliphatic rings. The summed E-state index contributed by atoms with van der Waals surface area (Å²) in [5.41, 5.74) is -1.34. The lowest BCUT2D eigenvalue weighted by atomic mass is 10.0. The molecule has 37 heavy (non-hydrogen) atoms. The largest absolute Gasteiger partial charge is 0.491 e. The second kappa shape index (κ2) is 11.3. The first-order valence-corrected chi connectivity index (χ1v) is 12.2. The monoisotopic (exact) mass is 517 g/mol. The summed E-state index contributed by atoms with van der Waals surface area (Å²) in [7, 11) is 0. The molecule has 2 fully saturated rings. The summed E-state index contributed by atoms with van der Waals surface area (Å²) in [6.45, 7) is 11.4. The minimum absolute atomic E-state index is 0.0414. The molecule has 1 aromatic rings. The number of nitrogens with zero attached hydrogens (tertiary/aromatic N) is 3. The predicted molar refractivity (Wildman–Crippen MR) is 134 cm³/mol. The summed E-state index contributed by atoms with van der Waals surface area (Å²) >= 11 is 0. The van der Waals surface area contributed by atoms with Crippen molar-refractivity contribution in [3.63, 3.8) is 0 Å². The van der Waals surface area contributed by atoms with Crippen LogP contribution in [0.1, 0.15) is 40.5 Å². The van der Waals surface area contributed by atoms with Crippen LogP contribution in [0.5, 0.6) is 5.75 Å². The third-order valence-corrected chi connectivity index (χ3v) is 5.86. The van der Waals surface area contributed by atoms with Crippen molar-refractivity contribution in [1.82, 2.24) is 9.80 Å². The van der Waals surface area contributed by atoms with Crippen LogP contribution in [-0.2, 0) is 19.1 Å².